The topological polar surface area (TPSA) is 33.1 Å². The van der Waals surface area contributed by atoms with Crippen molar-refractivity contribution in [3.63, 3.8) is 0 Å². The zero-order chi connectivity index (χ0) is 17.1. The van der Waals surface area contributed by atoms with Crippen molar-refractivity contribution in [2.75, 3.05) is 24.3 Å². The first kappa shape index (κ1) is 16.5. The molecule has 4 nitrogen and oxygen atoms in total. The molecular formula is C18H17ClN4S. The van der Waals surface area contributed by atoms with Gasteiger partial charge < -0.3 is 10.2 Å². The normalized spacial score (nSPS) is 10.5. The largest absolute Gasteiger partial charge is 0.361 e. The fourth-order valence-corrected chi connectivity index (χ4v) is 2.67. The number of anilines is 2. The van der Waals surface area contributed by atoms with Crippen molar-refractivity contribution in [1.82, 2.24) is 9.78 Å². The van der Waals surface area contributed by atoms with E-state index in [1.54, 1.807) is 4.68 Å². The lowest BCUT2D eigenvalue weighted by atomic mass is 10.1. The van der Waals surface area contributed by atoms with E-state index in [1.807, 2.05) is 67.7 Å². The highest BCUT2D eigenvalue weighted by molar-refractivity contribution is 7.80. The van der Waals surface area contributed by atoms with Gasteiger partial charge >= 0.3 is 0 Å². The Labute approximate surface area is 151 Å². The van der Waals surface area contributed by atoms with Crippen LogP contribution in [0.15, 0.2) is 60.8 Å². The Bertz CT molecular complexity index is 841. The standard InChI is InChI=1S/C18H17ClN4S/c1-22(2)17-16(13-6-4-3-5-7-13)12-23(21-17)18(24)20-15-10-8-14(19)9-11-15/h3-12H,1-2H3,(H,20,24). The van der Waals surface area contributed by atoms with Crippen LogP contribution in [0, 0.1) is 0 Å². The number of nitrogens with zero attached hydrogens (tertiary/aromatic N) is 3. The molecule has 0 spiro atoms. The molecule has 0 unspecified atom stereocenters. The van der Waals surface area contributed by atoms with Crippen molar-refractivity contribution in [2.24, 2.45) is 0 Å². The molecule has 1 aromatic heterocycles. The number of aromatic nitrogens is 2. The maximum absolute atomic E-state index is 5.91. The SMILES string of the molecule is CN(C)c1nn(C(=S)Nc2ccc(Cl)cc2)cc1-c1ccccc1. The van der Waals surface area contributed by atoms with E-state index in [4.69, 9.17) is 23.8 Å². The maximum Gasteiger partial charge on any atom is 0.198 e. The lowest BCUT2D eigenvalue weighted by Gasteiger charge is -2.11. The summed E-state index contributed by atoms with van der Waals surface area (Å²) in [5, 5.41) is 8.97. The quantitative estimate of drug-likeness (QED) is 0.700. The maximum atomic E-state index is 5.91. The van der Waals surface area contributed by atoms with E-state index in [2.05, 4.69) is 22.5 Å². The molecule has 0 aliphatic carbocycles. The minimum Gasteiger partial charge on any atom is -0.361 e. The van der Waals surface area contributed by atoms with E-state index in [1.165, 1.54) is 0 Å². The van der Waals surface area contributed by atoms with Gasteiger partial charge in [-0.3, -0.25) is 0 Å². The summed E-state index contributed by atoms with van der Waals surface area (Å²) in [4.78, 5) is 1.98. The van der Waals surface area contributed by atoms with Crippen LogP contribution in [0.4, 0.5) is 11.5 Å². The Morgan fingerprint density at radius 3 is 2.38 bits per heavy atom. The Balaban J connectivity index is 1.91. The number of halogens is 1. The first-order chi connectivity index (χ1) is 11.5. The van der Waals surface area contributed by atoms with E-state index in [0.717, 1.165) is 22.6 Å². The van der Waals surface area contributed by atoms with Crippen LogP contribution in [0.1, 0.15) is 0 Å². The van der Waals surface area contributed by atoms with E-state index in [0.29, 0.717) is 10.1 Å². The number of thiocarbonyl (C=S) groups is 1. The molecule has 0 aliphatic heterocycles. The van der Waals surface area contributed by atoms with Crippen molar-refractivity contribution in [2.45, 2.75) is 0 Å². The average Bonchev–Trinajstić information content (AvgIpc) is 3.03. The van der Waals surface area contributed by atoms with Crippen molar-refractivity contribution < 1.29 is 0 Å². The molecule has 0 fully saturated rings. The van der Waals surface area contributed by atoms with Crippen LogP contribution in [0.2, 0.25) is 5.02 Å². The van der Waals surface area contributed by atoms with Gasteiger partial charge in [0.1, 0.15) is 0 Å². The Morgan fingerprint density at radius 2 is 1.75 bits per heavy atom. The summed E-state index contributed by atoms with van der Waals surface area (Å²) in [5.41, 5.74) is 3.00. The molecule has 0 atom stereocenters. The highest BCUT2D eigenvalue weighted by atomic mass is 35.5. The first-order valence-electron chi connectivity index (χ1n) is 7.44. The molecule has 1 heterocycles. The van der Waals surface area contributed by atoms with Gasteiger partial charge in [-0.1, -0.05) is 41.9 Å². The first-order valence-corrected chi connectivity index (χ1v) is 8.22. The number of nitrogens with one attached hydrogen (secondary N) is 1. The molecule has 0 saturated carbocycles. The van der Waals surface area contributed by atoms with Gasteiger partial charge in [-0.25, -0.2) is 4.68 Å². The van der Waals surface area contributed by atoms with E-state index in [-0.39, 0.29) is 0 Å². The summed E-state index contributed by atoms with van der Waals surface area (Å²) in [6.07, 6.45) is 1.94. The van der Waals surface area contributed by atoms with Gasteiger partial charge in [-0.15, -0.1) is 5.10 Å². The zero-order valence-corrected chi connectivity index (χ0v) is 15.0. The molecule has 3 rings (SSSR count). The molecule has 3 aromatic rings. The van der Waals surface area contributed by atoms with Gasteiger partial charge in [0.25, 0.3) is 0 Å². The average molecular weight is 357 g/mol. The van der Waals surface area contributed by atoms with Crippen molar-refractivity contribution in [3.05, 3.63) is 65.8 Å². The number of hydrogen-bond donors (Lipinski definition) is 1. The Morgan fingerprint density at radius 1 is 1.08 bits per heavy atom. The fraction of sp³-hybridized carbons (Fsp3) is 0.111. The van der Waals surface area contributed by atoms with Crippen LogP contribution in [0.5, 0.6) is 0 Å². The van der Waals surface area contributed by atoms with Crippen LogP contribution < -0.4 is 10.2 Å². The zero-order valence-electron chi connectivity index (χ0n) is 13.4. The summed E-state index contributed by atoms with van der Waals surface area (Å²) in [7, 11) is 3.93. The minimum atomic E-state index is 0.502. The molecule has 122 valence electrons. The Kier molecular flexibility index (Phi) is 4.83. The van der Waals surface area contributed by atoms with Crippen LogP contribution in [-0.4, -0.2) is 29.0 Å². The highest BCUT2D eigenvalue weighted by Gasteiger charge is 2.14. The van der Waals surface area contributed by atoms with Gasteiger partial charge in [0.2, 0.25) is 0 Å². The molecule has 0 amide bonds. The van der Waals surface area contributed by atoms with E-state index >= 15 is 0 Å². The van der Waals surface area contributed by atoms with Gasteiger partial charge in [0, 0.05) is 36.6 Å². The third-order valence-corrected chi connectivity index (χ3v) is 4.05. The molecule has 1 N–H and O–H groups in total. The molecule has 24 heavy (non-hydrogen) atoms. The number of benzene rings is 2. The van der Waals surface area contributed by atoms with Crippen LogP contribution >= 0.6 is 23.8 Å². The smallest absolute Gasteiger partial charge is 0.198 e. The van der Waals surface area contributed by atoms with Crippen molar-refractivity contribution in [1.29, 1.82) is 0 Å². The second kappa shape index (κ2) is 7.03. The second-order valence-corrected chi connectivity index (χ2v) is 6.33. The second-order valence-electron chi connectivity index (χ2n) is 5.51. The van der Waals surface area contributed by atoms with E-state index < -0.39 is 0 Å². The molecule has 0 radical (unpaired) electrons. The highest BCUT2D eigenvalue weighted by Crippen LogP contribution is 2.28. The minimum absolute atomic E-state index is 0.502. The lowest BCUT2D eigenvalue weighted by Crippen LogP contribution is -2.20. The third kappa shape index (κ3) is 3.58. The summed E-state index contributed by atoms with van der Waals surface area (Å²) in [6, 6.07) is 17.5. The van der Waals surface area contributed by atoms with Crippen LogP contribution in [0.3, 0.4) is 0 Å². The van der Waals surface area contributed by atoms with Crippen molar-refractivity contribution >= 4 is 40.4 Å². The van der Waals surface area contributed by atoms with Gasteiger partial charge in [0.05, 0.1) is 0 Å². The van der Waals surface area contributed by atoms with Crippen LogP contribution in [-0.2, 0) is 0 Å². The monoisotopic (exact) mass is 356 g/mol. The van der Waals surface area contributed by atoms with Gasteiger partial charge in [0.15, 0.2) is 10.9 Å². The van der Waals surface area contributed by atoms with Crippen molar-refractivity contribution in [3.8, 4) is 11.1 Å². The molecule has 0 aliphatic rings. The molecule has 6 heteroatoms. The Hall–Kier alpha value is -2.37. The molecule has 0 saturated heterocycles. The predicted molar refractivity (Wildman–Crippen MR) is 105 cm³/mol. The van der Waals surface area contributed by atoms with E-state index in [9.17, 15) is 0 Å². The van der Waals surface area contributed by atoms with Gasteiger partial charge in [-0.05, 0) is 42.0 Å². The van der Waals surface area contributed by atoms with Crippen LogP contribution in [0.25, 0.3) is 11.1 Å². The summed E-state index contributed by atoms with van der Waals surface area (Å²) in [6.45, 7) is 0. The lowest BCUT2D eigenvalue weighted by molar-refractivity contribution is 0.921. The summed E-state index contributed by atoms with van der Waals surface area (Å²) >= 11 is 11.4. The predicted octanol–water partition coefficient (Wildman–Crippen LogP) is 4.51. The van der Waals surface area contributed by atoms with Gasteiger partial charge in [-0.2, -0.15) is 0 Å². The fourth-order valence-electron chi connectivity index (χ4n) is 2.33. The summed E-state index contributed by atoms with van der Waals surface area (Å²) < 4.78 is 1.68. The summed E-state index contributed by atoms with van der Waals surface area (Å²) in [5.74, 6) is 0.862. The number of hydrogen-bond acceptors (Lipinski definition) is 3. The molecular weight excluding hydrogens is 340 g/mol. The third-order valence-electron chi connectivity index (χ3n) is 3.51. The molecule has 2 aromatic carbocycles. The molecule has 0 bridgehead atoms. The number of rotatable bonds is 3.